The number of rotatable bonds is 4. The van der Waals surface area contributed by atoms with E-state index >= 15 is 0 Å². The number of hydrogen-bond donors (Lipinski definition) is 2. The summed E-state index contributed by atoms with van der Waals surface area (Å²) in [6.07, 6.45) is 4.21. The monoisotopic (exact) mass is 261 g/mol. The van der Waals surface area contributed by atoms with Crippen LogP contribution in [0, 0.1) is 0 Å². The Bertz CT molecular complexity index is 574. The normalized spacial score (nSPS) is 19.2. The first kappa shape index (κ1) is 12.4. The zero-order valence-electron chi connectivity index (χ0n) is 11.1. The molecule has 1 unspecified atom stereocenters. The minimum absolute atomic E-state index is 0.0990. The lowest BCUT2D eigenvalue weighted by molar-refractivity contribution is 0.108. The van der Waals surface area contributed by atoms with Crippen LogP contribution in [0.25, 0.3) is 5.65 Å². The molecular formula is C13H19N5O. The number of nitrogens with one attached hydrogen (secondary N) is 1. The van der Waals surface area contributed by atoms with Crippen molar-refractivity contribution in [2.24, 2.45) is 5.84 Å². The molecule has 0 saturated carbocycles. The lowest BCUT2D eigenvalue weighted by atomic mass is 10.2. The third-order valence-electron chi connectivity index (χ3n) is 3.41. The van der Waals surface area contributed by atoms with E-state index in [1.165, 1.54) is 0 Å². The minimum Gasteiger partial charge on any atom is -0.372 e. The van der Waals surface area contributed by atoms with Crippen molar-refractivity contribution in [3.8, 4) is 0 Å². The van der Waals surface area contributed by atoms with Gasteiger partial charge in [-0.2, -0.15) is 9.61 Å². The number of nitrogens with two attached hydrogens (primary N) is 1. The Labute approximate surface area is 111 Å². The summed E-state index contributed by atoms with van der Waals surface area (Å²) in [5, 5.41) is 4.55. The number of hydrazine groups is 1. The zero-order chi connectivity index (χ0) is 13.2. The highest BCUT2D eigenvalue weighted by Crippen LogP contribution is 2.28. The van der Waals surface area contributed by atoms with E-state index in [1.54, 1.807) is 4.52 Å². The number of aryl methyl sites for hydroxylation is 1. The van der Waals surface area contributed by atoms with Gasteiger partial charge in [-0.25, -0.2) is 10.8 Å². The molecule has 3 N–H and O–H groups in total. The first-order valence-corrected chi connectivity index (χ1v) is 6.79. The number of aromatic nitrogens is 3. The molecule has 102 valence electrons. The van der Waals surface area contributed by atoms with Crippen molar-refractivity contribution >= 4 is 11.5 Å². The molecule has 1 saturated heterocycles. The SMILES string of the molecule is CCCc1cc(NN)n2nc(C3CCCO3)cc2n1. The zero-order valence-corrected chi connectivity index (χ0v) is 11.1. The summed E-state index contributed by atoms with van der Waals surface area (Å²) >= 11 is 0. The van der Waals surface area contributed by atoms with Crippen LogP contribution in [-0.2, 0) is 11.2 Å². The van der Waals surface area contributed by atoms with Gasteiger partial charge in [0.05, 0.1) is 5.69 Å². The molecule has 0 spiro atoms. The van der Waals surface area contributed by atoms with E-state index in [9.17, 15) is 0 Å². The number of anilines is 1. The molecule has 2 aromatic rings. The maximum atomic E-state index is 5.66. The van der Waals surface area contributed by atoms with Crippen LogP contribution in [0.5, 0.6) is 0 Å². The molecule has 1 atom stereocenters. The van der Waals surface area contributed by atoms with Crippen LogP contribution in [0.1, 0.15) is 43.7 Å². The van der Waals surface area contributed by atoms with Crippen molar-refractivity contribution in [1.82, 2.24) is 14.6 Å². The fourth-order valence-corrected chi connectivity index (χ4v) is 2.50. The van der Waals surface area contributed by atoms with E-state index in [2.05, 4.69) is 22.4 Å². The summed E-state index contributed by atoms with van der Waals surface area (Å²) in [6.45, 7) is 2.95. The molecule has 3 rings (SSSR count). The Morgan fingerprint density at radius 3 is 3.11 bits per heavy atom. The van der Waals surface area contributed by atoms with Gasteiger partial charge in [-0.05, 0) is 19.3 Å². The van der Waals surface area contributed by atoms with E-state index in [4.69, 9.17) is 10.6 Å². The van der Waals surface area contributed by atoms with Gasteiger partial charge >= 0.3 is 0 Å². The average molecular weight is 261 g/mol. The second-order valence-electron chi connectivity index (χ2n) is 4.87. The Balaban J connectivity index is 2.04. The maximum Gasteiger partial charge on any atom is 0.158 e. The Hall–Kier alpha value is -1.66. The smallest absolute Gasteiger partial charge is 0.158 e. The van der Waals surface area contributed by atoms with Gasteiger partial charge in [-0.1, -0.05) is 13.3 Å². The quantitative estimate of drug-likeness (QED) is 0.648. The molecule has 3 heterocycles. The Kier molecular flexibility index (Phi) is 3.35. The van der Waals surface area contributed by atoms with Gasteiger partial charge < -0.3 is 10.2 Å². The number of fused-ring (bicyclic) bond motifs is 1. The molecule has 0 aromatic carbocycles. The van der Waals surface area contributed by atoms with Crippen molar-refractivity contribution in [1.29, 1.82) is 0 Å². The minimum atomic E-state index is 0.0990. The van der Waals surface area contributed by atoms with E-state index in [1.807, 2.05) is 12.1 Å². The van der Waals surface area contributed by atoms with E-state index < -0.39 is 0 Å². The third-order valence-corrected chi connectivity index (χ3v) is 3.41. The molecule has 0 radical (unpaired) electrons. The number of nitrogens with zero attached hydrogens (tertiary/aromatic N) is 3. The topological polar surface area (TPSA) is 77.5 Å². The van der Waals surface area contributed by atoms with Crippen LogP contribution >= 0.6 is 0 Å². The summed E-state index contributed by atoms with van der Waals surface area (Å²) in [5.74, 6) is 6.34. The molecule has 2 aromatic heterocycles. The molecule has 0 aliphatic carbocycles. The standard InChI is InChI=1S/C13H19N5O/c1-2-4-9-7-13(16-14)18-12(15-9)8-10(17-18)11-5-3-6-19-11/h7-8,11,16H,2-6,14H2,1H3. The average Bonchev–Trinajstić information content (AvgIpc) is 3.06. The summed E-state index contributed by atoms with van der Waals surface area (Å²) in [5.41, 5.74) is 5.49. The van der Waals surface area contributed by atoms with Crippen LogP contribution in [0.15, 0.2) is 12.1 Å². The van der Waals surface area contributed by atoms with Crippen LogP contribution in [0.4, 0.5) is 5.82 Å². The lowest BCUT2D eigenvalue weighted by Gasteiger charge is -2.06. The number of nitrogen functional groups attached to an aromatic ring is 1. The number of hydrogen-bond acceptors (Lipinski definition) is 5. The van der Waals surface area contributed by atoms with Crippen LogP contribution in [0.2, 0.25) is 0 Å². The molecule has 0 bridgehead atoms. The van der Waals surface area contributed by atoms with Crippen LogP contribution < -0.4 is 11.3 Å². The molecule has 19 heavy (non-hydrogen) atoms. The van der Waals surface area contributed by atoms with Crippen molar-refractivity contribution in [3.05, 3.63) is 23.5 Å². The van der Waals surface area contributed by atoms with Gasteiger partial charge in [0.25, 0.3) is 0 Å². The molecule has 1 aliphatic rings. The second kappa shape index (κ2) is 5.14. The summed E-state index contributed by atoms with van der Waals surface area (Å²) in [7, 11) is 0. The van der Waals surface area contributed by atoms with Crippen molar-refractivity contribution in [2.75, 3.05) is 12.0 Å². The van der Waals surface area contributed by atoms with Gasteiger partial charge in [-0.3, -0.25) is 0 Å². The van der Waals surface area contributed by atoms with Gasteiger partial charge in [0.15, 0.2) is 5.65 Å². The van der Waals surface area contributed by atoms with Crippen molar-refractivity contribution in [3.63, 3.8) is 0 Å². The first-order chi connectivity index (χ1) is 9.31. The van der Waals surface area contributed by atoms with E-state index in [0.29, 0.717) is 0 Å². The fraction of sp³-hybridized carbons (Fsp3) is 0.538. The van der Waals surface area contributed by atoms with Gasteiger partial charge in [0.2, 0.25) is 0 Å². The highest BCUT2D eigenvalue weighted by molar-refractivity contribution is 5.50. The molecule has 6 heteroatoms. The van der Waals surface area contributed by atoms with Crippen molar-refractivity contribution in [2.45, 2.75) is 38.7 Å². The van der Waals surface area contributed by atoms with Crippen molar-refractivity contribution < 1.29 is 4.74 Å². The lowest BCUT2D eigenvalue weighted by Crippen LogP contribution is -2.13. The maximum absolute atomic E-state index is 5.66. The highest BCUT2D eigenvalue weighted by Gasteiger charge is 2.21. The highest BCUT2D eigenvalue weighted by atomic mass is 16.5. The summed E-state index contributed by atoms with van der Waals surface area (Å²) in [4.78, 5) is 4.61. The molecule has 6 nitrogen and oxygen atoms in total. The summed E-state index contributed by atoms with van der Waals surface area (Å²) < 4.78 is 7.41. The van der Waals surface area contributed by atoms with Gasteiger partial charge in [-0.15, -0.1) is 0 Å². The molecule has 1 aliphatic heterocycles. The van der Waals surface area contributed by atoms with Gasteiger partial charge in [0, 0.05) is 24.4 Å². The van der Waals surface area contributed by atoms with E-state index in [0.717, 1.165) is 55.1 Å². The first-order valence-electron chi connectivity index (χ1n) is 6.79. The van der Waals surface area contributed by atoms with Gasteiger partial charge in [0.1, 0.15) is 11.9 Å². The molecule has 0 amide bonds. The number of ether oxygens (including phenoxy) is 1. The predicted molar refractivity (Wildman–Crippen MR) is 72.7 cm³/mol. The molecule has 1 fully saturated rings. The Morgan fingerprint density at radius 1 is 1.53 bits per heavy atom. The largest absolute Gasteiger partial charge is 0.372 e. The predicted octanol–water partition coefficient (Wildman–Crippen LogP) is 1.82. The van der Waals surface area contributed by atoms with Crippen LogP contribution in [0.3, 0.4) is 0 Å². The third kappa shape index (κ3) is 2.29. The van der Waals surface area contributed by atoms with E-state index in [-0.39, 0.29) is 6.10 Å². The second-order valence-corrected chi connectivity index (χ2v) is 4.87. The Morgan fingerprint density at radius 2 is 2.42 bits per heavy atom. The summed E-state index contributed by atoms with van der Waals surface area (Å²) in [6, 6.07) is 3.94. The fourth-order valence-electron chi connectivity index (χ4n) is 2.50. The van der Waals surface area contributed by atoms with Crippen LogP contribution in [-0.4, -0.2) is 21.2 Å². The molecular weight excluding hydrogens is 242 g/mol.